The van der Waals surface area contributed by atoms with Crippen LogP contribution >= 0.6 is 0 Å². The quantitative estimate of drug-likeness (QED) is 0.589. The maximum Gasteiger partial charge on any atom is 0.273 e. The van der Waals surface area contributed by atoms with Crippen LogP contribution in [-0.2, 0) is 11.3 Å². The molecule has 1 aromatic rings. The van der Waals surface area contributed by atoms with Gasteiger partial charge in [0.15, 0.2) is 0 Å². The zero-order valence-corrected chi connectivity index (χ0v) is 12.8. The SMILES string of the molecule is CCC(CC)NC(=O)CN(C)Cc1ccccc1[N+](=O)[O-]. The molecule has 0 bridgehead atoms. The van der Waals surface area contributed by atoms with Crippen LogP contribution in [0, 0.1) is 10.1 Å². The Morgan fingerprint density at radius 3 is 2.52 bits per heavy atom. The van der Waals surface area contributed by atoms with E-state index in [0.29, 0.717) is 12.1 Å². The van der Waals surface area contributed by atoms with Gasteiger partial charge in [0.25, 0.3) is 5.69 Å². The standard InChI is InChI=1S/C15H23N3O3/c1-4-13(5-2)16-15(19)11-17(3)10-12-8-6-7-9-14(12)18(20)21/h6-9,13H,4-5,10-11H2,1-3H3,(H,16,19). The summed E-state index contributed by atoms with van der Waals surface area (Å²) >= 11 is 0. The van der Waals surface area contributed by atoms with Crippen LogP contribution in [0.15, 0.2) is 24.3 Å². The Morgan fingerprint density at radius 2 is 1.95 bits per heavy atom. The van der Waals surface area contributed by atoms with Crippen LogP contribution in [0.25, 0.3) is 0 Å². The van der Waals surface area contributed by atoms with Gasteiger partial charge >= 0.3 is 0 Å². The molecule has 1 rings (SSSR count). The van der Waals surface area contributed by atoms with Crippen LogP contribution in [0.5, 0.6) is 0 Å². The number of hydrogen-bond donors (Lipinski definition) is 1. The van der Waals surface area contributed by atoms with Gasteiger partial charge in [-0.25, -0.2) is 0 Å². The first-order valence-electron chi connectivity index (χ1n) is 7.18. The minimum absolute atomic E-state index is 0.0511. The largest absolute Gasteiger partial charge is 0.352 e. The van der Waals surface area contributed by atoms with Crippen LogP contribution in [-0.4, -0.2) is 35.4 Å². The van der Waals surface area contributed by atoms with E-state index in [1.807, 2.05) is 13.8 Å². The second-order valence-electron chi connectivity index (χ2n) is 5.14. The van der Waals surface area contributed by atoms with Crippen molar-refractivity contribution in [3.63, 3.8) is 0 Å². The zero-order chi connectivity index (χ0) is 15.8. The molecule has 0 aromatic heterocycles. The summed E-state index contributed by atoms with van der Waals surface area (Å²) in [5.74, 6) is -0.0511. The van der Waals surface area contributed by atoms with E-state index in [4.69, 9.17) is 0 Å². The predicted molar refractivity (Wildman–Crippen MR) is 81.9 cm³/mol. The first-order chi connectivity index (χ1) is 9.97. The van der Waals surface area contributed by atoms with E-state index in [1.54, 1.807) is 30.1 Å². The van der Waals surface area contributed by atoms with Crippen LogP contribution in [0.2, 0.25) is 0 Å². The van der Waals surface area contributed by atoms with E-state index >= 15 is 0 Å². The third-order valence-electron chi connectivity index (χ3n) is 3.39. The summed E-state index contributed by atoms with van der Waals surface area (Å²) in [6, 6.07) is 6.79. The van der Waals surface area contributed by atoms with Crippen LogP contribution < -0.4 is 5.32 Å². The summed E-state index contributed by atoms with van der Waals surface area (Å²) < 4.78 is 0. The third kappa shape index (κ3) is 5.51. The van der Waals surface area contributed by atoms with Crippen LogP contribution in [0.4, 0.5) is 5.69 Å². The summed E-state index contributed by atoms with van der Waals surface area (Å²) in [5.41, 5.74) is 0.699. The van der Waals surface area contributed by atoms with Crippen molar-refractivity contribution in [1.29, 1.82) is 0 Å². The number of nitro benzene ring substituents is 1. The molecule has 116 valence electrons. The topological polar surface area (TPSA) is 75.5 Å². The molecule has 6 heteroatoms. The molecule has 0 radical (unpaired) electrons. The number of likely N-dealkylation sites (N-methyl/N-ethyl adjacent to an activating group) is 1. The monoisotopic (exact) mass is 293 g/mol. The fourth-order valence-electron chi connectivity index (χ4n) is 2.18. The lowest BCUT2D eigenvalue weighted by Gasteiger charge is -2.19. The number of nitro groups is 1. The number of amides is 1. The number of para-hydroxylation sites is 1. The molecule has 0 saturated carbocycles. The van der Waals surface area contributed by atoms with E-state index in [0.717, 1.165) is 12.8 Å². The van der Waals surface area contributed by atoms with Gasteiger partial charge in [0.1, 0.15) is 0 Å². The molecule has 0 spiro atoms. The highest BCUT2D eigenvalue weighted by molar-refractivity contribution is 5.78. The average molecular weight is 293 g/mol. The van der Waals surface area contributed by atoms with Crippen LogP contribution in [0.1, 0.15) is 32.3 Å². The Labute approximate surface area is 125 Å². The molecule has 0 saturated heterocycles. The fourth-order valence-corrected chi connectivity index (χ4v) is 2.18. The van der Waals surface area contributed by atoms with Gasteiger partial charge in [-0.15, -0.1) is 0 Å². The van der Waals surface area contributed by atoms with Crippen molar-refractivity contribution in [2.24, 2.45) is 0 Å². The van der Waals surface area contributed by atoms with Gasteiger partial charge < -0.3 is 5.32 Å². The minimum Gasteiger partial charge on any atom is -0.352 e. The van der Waals surface area contributed by atoms with Gasteiger partial charge in [-0.3, -0.25) is 19.8 Å². The van der Waals surface area contributed by atoms with Crippen molar-refractivity contribution in [3.05, 3.63) is 39.9 Å². The molecular weight excluding hydrogens is 270 g/mol. The molecule has 1 aromatic carbocycles. The number of nitrogens with zero attached hydrogens (tertiary/aromatic N) is 2. The van der Waals surface area contributed by atoms with E-state index in [9.17, 15) is 14.9 Å². The predicted octanol–water partition coefficient (Wildman–Crippen LogP) is 2.33. The maximum absolute atomic E-state index is 11.9. The second kappa shape index (κ2) is 8.36. The van der Waals surface area contributed by atoms with E-state index in [1.165, 1.54) is 6.07 Å². The van der Waals surface area contributed by atoms with E-state index in [-0.39, 0.29) is 24.2 Å². The molecule has 0 aliphatic rings. The molecule has 1 amide bonds. The lowest BCUT2D eigenvalue weighted by Crippen LogP contribution is -2.40. The van der Waals surface area contributed by atoms with Gasteiger partial charge in [-0.2, -0.15) is 0 Å². The van der Waals surface area contributed by atoms with Gasteiger partial charge in [0, 0.05) is 24.2 Å². The summed E-state index contributed by atoms with van der Waals surface area (Å²) in [4.78, 5) is 24.2. The van der Waals surface area contributed by atoms with Crippen molar-refractivity contribution in [3.8, 4) is 0 Å². The van der Waals surface area contributed by atoms with Gasteiger partial charge in [0.2, 0.25) is 5.91 Å². The molecule has 0 aliphatic heterocycles. The van der Waals surface area contributed by atoms with Crippen molar-refractivity contribution in [2.45, 2.75) is 39.3 Å². The number of benzene rings is 1. The zero-order valence-electron chi connectivity index (χ0n) is 12.8. The van der Waals surface area contributed by atoms with Crippen molar-refractivity contribution in [1.82, 2.24) is 10.2 Å². The highest BCUT2D eigenvalue weighted by Crippen LogP contribution is 2.18. The number of rotatable bonds is 8. The van der Waals surface area contributed by atoms with Crippen molar-refractivity contribution < 1.29 is 9.72 Å². The fraction of sp³-hybridized carbons (Fsp3) is 0.533. The van der Waals surface area contributed by atoms with Gasteiger partial charge in [-0.1, -0.05) is 32.0 Å². The van der Waals surface area contributed by atoms with Crippen LogP contribution in [0.3, 0.4) is 0 Å². The van der Waals surface area contributed by atoms with Crippen molar-refractivity contribution in [2.75, 3.05) is 13.6 Å². The summed E-state index contributed by atoms with van der Waals surface area (Å²) in [7, 11) is 1.78. The normalized spacial score (nSPS) is 10.9. The molecule has 0 atom stereocenters. The lowest BCUT2D eigenvalue weighted by molar-refractivity contribution is -0.385. The number of carbonyl (C=O) groups excluding carboxylic acids is 1. The molecule has 0 fully saturated rings. The summed E-state index contributed by atoms with van der Waals surface area (Å²) in [6.45, 7) is 4.66. The summed E-state index contributed by atoms with van der Waals surface area (Å²) in [6.07, 6.45) is 1.80. The molecule has 1 N–H and O–H groups in total. The molecular formula is C15H23N3O3. The Bertz CT molecular complexity index is 487. The molecule has 6 nitrogen and oxygen atoms in total. The second-order valence-corrected chi connectivity index (χ2v) is 5.14. The highest BCUT2D eigenvalue weighted by atomic mass is 16.6. The highest BCUT2D eigenvalue weighted by Gasteiger charge is 2.16. The van der Waals surface area contributed by atoms with Gasteiger partial charge in [-0.05, 0) is 19.9 Å². The van der Waals surface area contributed by atoms with Gasteiger partial charge in [0.05, 0.1) is 11.5 Å². The first kappa shape index (κ1) is 17.1. The third-order valence-corrected chi connectivity index (χ3v) is 3.39. The number of hydrogen-bond acceptors (Lipinski definition) is 4. The molecule has 0 heterocycles. The number of nitrogens with one attached hydrogen (secondary N) is 1. The molecule has 0 unspecified atom stereocenters. The maximum atomic E-state index is 11.9. The Hall–Kier alpha value is -1.95. The van der Waals surface area contributed by atoms with Crippen molar-refractivity contribution >= 4 is 11.6 Å². The lowest BCUT2D eigenvalue weighted by atomic mass is 10.1. The molecule has 21 heavy (non-hydrogen) atoms. The smallest absolute Gasteiger partial charge is 0.273 e. The van der Waals surface area contributed by atoms with E-state index < -0.39 is 4.92 Å². The Morgan fingerprint density at radius 1 is 1.33 bits per heavy atom. The molecule has 0 aliphatic carbocycles. The summed E-state index contributed by atoms with van der Waals surface area (Å²) in [5, 5.41) is 13.9. The number of carbonyl (C=O) groups is 1. The first-order valence-corrected chi connectivity index (χ1v) is 7.18. The Kier molecular flexibility index (Phi) is 6.81. The van der Waals surface area contributed by atoms with E-state index in [2.05, 4.69) is 5.32 Å². The average Bonchev–Trinajstić information content (AvgIpc) is 2.44. The Balaban J connectivity index is 2.60. The minimum atomic E-state index is -0.395.